The first-order chi connectivity index (χ1) is 8.74. The smallest absolute Gasteiger partial charge is 0.142 e. The van der Waals surface area contributed by atoms with Gasteiger partial charge in [0, 0.05) is 10.0 Å². The lowest BCUT2D eigenvalue weighted by molar-refractivity contribution is 0.284. The highest BCUT2D eigenvalue weighted by molar-refractivity contribution is 9.10. The maximum absolute atomic E-state index is 13.9. The van der Waals surface area contributed by atoms with Gasteiger partial charge in [-0.05, 0) is 24.3 Å². The molecule has 2 aromatic rings. The number of halogens is 2. The predicted octanol–water partition coefficient (Wildman–Crippen LogP) is 4.13. The zero-order valence-corrected chi connectivity index (χ0v) is 11.1. The van der Waals surface area contributed by atoms with E-state index in [0.29, 0.717) is 12.2 Å². The Bertz CT molecular complexity index is 588. The van der Waals surface area contributed by atoms with Crippen LogP contribution in [0.2, 0.25) is 0 Å². The lowest BCUT2D eigenvalue weighted by atomic mass is 10.1. The van der Waals surface area contributed by atoms with Gasteiger partial charge in [0.05, 0.1) is 11.7 Å². The zero-order chi connectivity index (χ0) is 12.5. The van der Waals surface area contributed by atoms with Crippen LogP contribution < -0.4 is 10.1 Å². The Balaban J connectivity index is 1.92. The van der Waals surface area contributed by atoms with E-state index in [0.717, 1.165) is 15.9 Å². The molecule has 0 aromatic heterocycles. The van der Waals surface area contributed by atoms with Crippen molar-refractivity contribution in [2.45, 2.75) is 6.04 Å². The van der Waals surface area contributed by atoms with Crippen LogP contribution in [-0.2, 0) is 0 Å². The molecule has 0 saturated carbocycles. The second-order valence-corrected chi connectivity index (χ2v) is 5.09. The number of ether oxygens (including phenoxy) is 1. The minimum absolute atomic E-state index is 0.159. The van der Waals surface area contributed by atoms with Gasteiger partial charge in [-0.25, -0.2) is 4.39 Å². The number of anilines is 1. The third-order valence-electron chi connectivity index (χ3n) is 2.96. The van der Waals surface area contributed by atoms with E-state index in [1.165, 1.54) is 6.07 Å². The number of hydrogen-bond donors (Lipinski definition) is 1. The molecule has 1 aliphatic heterocycles. The molecule has 1 N–H and O–H groups in total. The van der Waals surface area contributed by atoms with Crippen molar-refractivity contribution in [1.29, 1.82) is 0 Å². The summed E-state index contributed by atoms with van der Waals surface area (Å²) in [5.41, 5.74) is 1.52. The average Bonchev–Trinajstić information content (AvgIpc) is 2.38. The highest BCUT2D eigenvalue weighted by Gasteiger charge is 2.22. The molecule has 1 unspecified atom stereocenters. The van der Waals surface area contributed by atoms with E-state index in [1.807, 2.05) is 30.3 Å². The standard InChI is InChI=1S/C14H11BrFNO/c15-9-5-6-10(11(16)7-9)13-8-18-14-4-2-1-3-12(14)17-13/h1-7,13,17H,8H2. The Hall–Kier alpha value is -1.55. The molecule has 1 aliphatic rings. The van der Waals surface area contributed by atoms with Gasteiger partial charge in [0.15, 0.2) is 0 Å². The minimum Gasteiger partial charge on any atom is -0.489 e. The SMILES string of the molecule is Fc1cc(Br)ccc1C1COc2ccccc2N1. The lowest BCUT2D eigenvalue weighted by Crippen LogP contribution is -2.24. The summed E-state index contributed by atoms with van der Waals surface area (Å²) in [7, 11) is 0. The number of nitrogens with one attached hydrogen (secondary N) is 1. The van der Waals surface area contributed by atoms with E-state index in [9.17, 15) is 4.39 Å². The molecular formula is C14H11BrFNO. The van der Waals surface area contributed by atoms with Crippen molar-refractivity contribution in [2.75, 3.05) is 11.9 Å². The van der Waals surface area contributed by atoms with Crippen molar-refractivity contribution in [2.24, 2.45) is 0 Å². The fraction of sp³-hybridized carbons (Fsp3) is 0.143. The van der Waals surface area contributed by atoms with Crippen LogP contribution in [0.1, 0.15) is 11.6 Å². The minimum atomic E-state index is -0.232. The summed E-state index contributed by atoms with van der Waals surface area (Å²) in [5, 5.41) is 3.29. The van der Waals surface area contributed by atoms with Crippen LogP contribution in [0.25, 0.3) is 0 Å². The molecule has 92 valence electrons. The summed E-state index contributed by atoms with van der Waals surface area (Å²) in [5.74, 6) is 0.580. The van der Waals surface area contributed by atoms with E-state index in [4.69, 9.17) is 4.74 Å². The van der Waals surface area contributed by atoms with Crippen molar-refractivity contribution in [1.82, 2.24) is 0 Å². The molecule has 0 amide bonds. The second-order valence-electron chi connectivity index (χ2n) is 4.17. The molecule has 2 nitrogen and oxygen atoms in total. The molecule has 3 rings (SSSR count). The summed E-state index contributed by atoms with van der Waals surface area (Å²) in [4.78, 5) is 0. The fourth-order valence-electron chi connectivity index (χ4n) is 2.07. The summed E-state index contributed by atoms with van der Waals surface area (Å²) >= 11 is 3.25. The first kappa shape index (κ1) is 11.5. The predicted molar refractivity (Wildman–Crippen MR) is 72.4 cm³/mol. The normalized spacial score (nSPS) is 17.6. The first-order valence-corrected chi connectivity index (χ1v) is 6.46. The first-order valence-electron chi connectivity index (χ1n) is 5.67. The van der Waals surface area contributed by atoms with Gasteiger partial charge in [-0.1, -0.05) is 34.1 Å². The monoisotopic (exact) mass is 307 g/mol. The van der Waals surface area contributed by atoms with Crippen LogP contribution in [0.4, 0.5) is 10.1 Å². The van der Waals surface area contributed by atoms with Gasteiger partial charge in [0.2, 0.25) is 0 Å². The number of fused-ring (bicyclic) bond motifs is 1. The third-order valence-corrected chi connectivity index (χ3v) is 3.45. The molecule has 0 saturated heterocycles. The molecule has 0 spiro atoms. The molecular weight excluding hydrogens is 297 g/mol. The quantitative estimate of drug-likeness (QED) is 0.855. The van der Waals surface area contributed by atoms with Crippen molar-refractivity contribution in [3.05, 3.63) is 58.3 Å². The molecule has 0 aliphatic carbocycles. The number of benzene rings is 2. The number of hydrogen-bond acceptors (Lipinski definition) is 2. The Morgan fingerprint density at radius 1 is 1.22 bits per heavy atom. The van der Waals surface area contributed by atoms with Crippen LogP contribution in [0.3, 0.4) is 0 Å². The molecule has 2 aromatic carbocycles. The molecule has 0 radical (unpaired) electrons. The van der Waals surface area contributed by atoms with Gasteiger partial charge >= 0.3 is 0 Å². The number of para-hydroxylation sites is 2. The van der Waals surface area contributed by atoms with E-state index < -0.39 is 0 Å². The Labute approximate surface area is 113 Å². The highest BCUT2D eigenvalue weighted by Crippen LogP contribution is 2.34. The molecule has 18 heavy (non-hydrogen) atoms. The number of rotatable bonds is 1. The maximum Gasteiger partial charge on any atom is 0.142 e. The van der Waals surface area contributed by atoms with Gasteiger partial charge in [0.25, 0.3) is 0 Å². The summed E-state index contributed by atoms with van der Waals surface area (Å²) in [6.07, 6.45) is 0. The largest absolute Gasteiger partial charge is 0.489 e. The maximum atomic E-state index is 13.9. The van der Waals surface area contributed by atoms with E-state index >= 15 is 0 Å². The van der Waals surface area contributed by atoms with Crippen molar-refractivity contribution in [3.63, 3.8) is 0 Å². The van der Waals surface area contributed by atoms with E-state index in [-0.39, 0.29) is 11.9 Å². The van der Waals surface area contributed by atoms with E-state index in [2.05, 4.69) is 21.2 Å². The van der Waals surface area contributed by atoms with Gasteiger partial charge in [-0.3, -0.25) is 0 Å². The zero-order valence-electron chi connectivity index (χ0n) is 9.49. The molecule has 4 heteroatoms. The van der Waals surface area contributed by atoms with Crippen LogP contribution in [0.15, 0.2) is 46.9 Å². The fourth-order valence-corrected chi connectivity index (χ4v) is 2.40. The molecule has 1 atom stereocenters. The van der Waals surface area contributed by atoms with E-state index in [1.54, 1.807) is 6.07 Å². The van der Waals surface area contributed by atoms with Crippen molar-refractivity contribution in [3.8, 4) is 5.75 Å². The Morgan fingerprint density at radius 2 is 2.06 bits per heavy atom. The molecule has 0 fully saturated rings. The topological polar surface area (TPSA) is 21.3 Å². The second kappa shape index (κ2) is 4.61. The molecule has 1 heterocycles. The van der Waals surface area contributed by atoms with Gasteiger partial charge in [-0.2, -0.15) is 0 Å². The Kier molecular flexibility index (Phi) is 2.96. The van der Waals surface area contributed by atoms with Crippen LogP contribution in [0.5, 0.6) is 5.75 Å². The summed E-state index contributed by atoms with van der Waals surface area (Å²) in [6.45, 7) is 0.426. The summed E-state index contributed by atoms with van der Waals surface area (Å²) in [6, 6.07) is 12.6. The third kappa shape index (κ3) is 2.08. The van der Waals surface area contributed by atoms with Crippen molar-refractivity contribution >= 4 is 21.6 Å². The van der Waals surface area contributed by atoms with Gasteiger partial charge < -0.3 is 10.1 Å². The summed E-state index contributed by atoms with van der Waals surface area (Å²) < 4.78 is 20.3. The molecule has 0 bridgehead atoms. The van der Waals surface area contributed by atoms with Crippen LogP contribution in [0, 0.1) is 5.82 Å². The lowest BCUT2D eigenvalue weighted by Gasteiger charge is -2.28. The van der Waals surface area contributed by atoms with Crippen molar-refractivity contribution < 1.29 is 9.13 Å². The van der Waals surface area contributed by atoms with Crippen LogP contribution >= 0.6 is 15.9 Å². The average molecular weight is 308 g/mol. The highest BCUT2D eigenvalue weighted by atomic mass is 79.9. The van der Waals surface area contributed by atoms with Gasteiger partial charge in [0.1, 0.15) is 18.2 Å². The van der Waals surface area contributed by atoms with Crippen LogP contribution in [-0.4, -0.2) is 6.61 Å². The van der Waals surface area contributed by atoms with Gasteiger partial charge in [-0.15, -0.1) is 0 Å². The Morgan fingerprint density at radius 3 is 2.89 bits per heavy atom.